The molecular formula is C17H18OSi. The van der Waals surface area contributed by atoms with Crippen molar-refractivity contribution in [1.82, 2.24) is 0 Å². The van der Waals surface area contributed by atoms with Crippen LogP contribution in [0.4, 0.5) is 0 Å². The van der Waals surface area contributed by atoms with E-state index >= 15 is 0 Å². The van der Waals surface area contributed by atoms with Crippen molar-refractivity contribution in [2.24, 2.45) is 0 Å². The van der Waals surface area contributed by atoms with Crippen molar-refractivity contribution in [2.75, 3.05) is 0 Å². The summed E-state index contributed by atoms with van der Waals surface area (Å²) >= 11 is 0. The maximum atomic E-state index is 10.1. The van der Waals surface area contributed by atoms with E-state index in [9.17, 15) is 5.11 Å². The number of aromatic hydroxyl groups is 1. The molecule has 19 heavy (non-hydrogen) atoms. The molecule has 2 heteroatoms. The predicted molar refractivity (Wildman–Crippen MR) is 83.8 cm³/mol. The van der Waals surface area contributed by atoms with Gasteiger partial charge in [0.25, 0.3) is 0 Å². The highest BCUT2D eigenvalue weighted by Crippen LogP contribution is 2.31. The Hall–Kier alpha value is -1.98. The van der Waals surface area contributed by atoms with Crippen LogP contribution in [-0.4, -0.2) is 13.2 Å². The van der Waals surface area contributed by atoms with Gasteiger partial charge < -0.3 is 5.11 Å². The van der Waals surface area contributed by atoms with Crippen molar-refractivity contribution < 1.29 is 5.11 Å². The Morgan fingerprint density at radius 3 is 2.21 bits per heavy atom. The molecule has 0 aliphatic carbocycles. The van der Waals surface area contributed by atoms with Crippen molar-refractivity contribution in [3.8, 4) is 28.3 Å². The molecule has 0 aromatic heterocycles. The summed E-state index contributed by atoms with van der Waals surface area (Å²) in [7, 11) is -1.42. The number of phenols is 1. The van der Waals surface area contributed by atoms with Crippen LogP contribution in [0.1, 0.15) is 5.56 Å². The van der Waals surface area contributed by atoms with Crippen LogP contribution >= 0.6 is 0 Å². The van der Waals surface area contributed by atoms with Crippen LogP contribution in [0.3, 0.4) is 0 Å². The lowest BCUT2D eigenvalue weighted by molar-refractivity contribution is 0.477. The fourth-order valence-electron chi connectivity index (χ4n) is 1.81. The molecule has 0 atom stereocenters. The summed E-state index contributed by atoms with van der Waals surface area (Å²) in [5.41, 5.74) is 6.08. The normalized spacial score (nSPS) is 10.7. The summed E-state index contributed by atoms with van der Waals surface area (Å²) in [6.07, 6.45) is 0. The zero-order chi connectivity index (χ0) is 13.9. The Kier molecular flexibility index (Phi) is 3.78. The van der Waals surface area contributed by atoms with Crippen LogP contribution in [0.2, 0.25) is 19.6 Å². The Morgan fingerprint density at radius 1 is 0.895 bits per heavy atom. The number of benzene rings is 2. The minimum atomic E-state index is -1.42. The molecule has 96 valence electrons. The van der Waals surface area contributed by atoms with Gasteiger partial charge in [-0.15, -0.1) is 5.54 Å². The maximum absolute atomic E-state index is 10.1. The van der Waals surface area contributed by atoms with Gasteiger partial charge in [0, 0.05) is 11.1 Å². The molecule has 0 aliphatic rings. The van der Waals surface area contributed by atoms with Crippen LogP contribution in [0.15, 0.2) is 48.5 Å². The molecular weight excluding hydrogens is 248 g/mol. The first-order valence-electron chi connectivity index (χ1n) is 6.38. The van der Waals surface area contributed by atoms with Crippen molar-refractivity contribution >= 4 is 8.07 Å². The van der Waals surface area contributed by atoms with E-state index < -0.39 is 8.07 Å². The van der Waals surface area contributed by atoms with E-state index in [1.54, 1.807) is 6.07 Å². The van der Waals surface area contributed by atoms with E-state index in [2.05, 4.69) is 31.1 Å². The first kappa shape index (κ1) is 13.4. The van der Waals surface area contributed by atoms with Gasteiger partial charge >= 0.3 is 0 Å². The van der Waals surface area contributed by atoms with Gasteiger partial charge in [-0.1, -0.05) is 62.0 Å². The third-order valence-electron chi connectivity index (χ3n) is 2.68. The third-order valence-corrected chi connectivity index (χ3v) is 3.55. The molecule has 2 aromatic carbocycles. The highest BCUT2D eigenvalue weighted by atomic mass is 28.3. The van der Waals surface area contributed by atoms with Crippen LogP contribution in [0, 0.1) is 11.5 Å². The lowest BCUT2D eigenvalue weighted by Crippen LogP contribution is -2.16. The second kappa shape index (κ2) is 5.34. The average Bonchev–Trinajstić information content (AvgIpc) is 2.36. The van der Waals surface area contributed by atoms with Crippen LogP contribution in [0.25, 0.3) is 11.1 Å². The molecule has 0 amide bonds. The molecule has 2 rings (SSSR count). The van der Waals surface area contributed by atoms with E-state index in [0.29, 0.717) is 0 Å². The molecule has 1 N–H and O–H groups in total. The molecule has 0 bridgehead atoms. The Balaban J connectivity index is 2.57. The van der Waals surface area contributed by atoms with Crippen LogP contribution < -0.4 is 0 Å². The lowest BCUT2D eigenvalue weighted by Gasteiger charge is -2.09. The van der Waals surface area contributed by atoms with Crippen molar-refractivity contribution in [2.45, 2.75) is 19.6 Å². The number of phenolic OH excluding ortho intramolecular Hbond substituents is 1. The Morgan fingerprint density at radius 2 is 1.58 bits per heavy atom. The Bertz CT molecular complexity index is 628. The molecule has 0 saturated heterocycles. The second-order valence-corrected chi connectivity index (χ2v) is 10.3. The van der Waals surface area contributed by atoms with Gasteiger partial charge in [-0.25, -0.2) is 0 Å². The first-order valence-corrected chi connectivity index (χ1v) is 9.88. The third kappa shape index (κ3) is 3.49. The summed E-state index contributed by atoms with van der Waals surface area (Å²) in [6.45, 7) is 6.64. The fraction of sp³-hybridized carbons (Fsp3) is 0.176. The van der Waals surface area contributed by atoms with Gasteiger partial charge in [-0.3, -0.25) is 0 Å². The smallest absolute Gasteiger partial charge is 0.129 e. The topological polar surface area (TPSA) is 20.2 Å². The molecule has 0 unspecified atom stereocenters. The maximum Gasteiger partial charge on any atom is 0.129 e. The second-order valence-electron chi connectivity index (χ2n) is 5.57. The van der Waals surface area contributed by atoms with Gasteiger partial charge in [-0.05, 0) is 17.7 Å². The van der Waals surface area contributed by atoms with E-state index in [0.717, 1.165) is 16.7 Å². The molecule has 0 aliphatic heterocycles. The first-order chi connectivity index (χ1) is 8.97. The van der Waals surface area contributed by atoms with Crippen LogP contribution in [0.5, 0.6) is 5.75 Å². The lowest BCUT2D eigenvalue weighted by atomic mass is 9.99. The predicted octanol–water partition coefficient (Wildman–Crippen LogP) is 4.29. The van der Waals surface area contributed by atoms with Gasteiger partial charge in [0.2, 0.25) is 0 Å². The van der Waals surface area contributed by atoms with Crippen molar-refractivity contribution in [1.29, 1.82) is 0 Å². The van der Waals surface area contributed by atoms with Gasteiger partial charge in [0.1, 0.15) is 13.8 Å². The molecule has 0 radical (unpaired) electrons. The zero-order valence-electron chi connectivity index (χ0n) is 11.6. The van der Waals surface area contributed by atoms with Gasteiger partial charge in [0.15, 0.2) is 0 Å². The quantitative estimate of drug-likeness (QED) is 0.603. The van der Waals surface area contributed by atoms with Gasteiger partial charge in [0.05, 0.1) is 0 Å². The van der Waals surface area contributed by atoms with E-state index in [1.807, 2.05) is 42.5 Å². The van der Waals surface area contributed by atoms with Crippen LogP contribution in [-0.2, 0) is 0 Å². The minimum absolute atomic E-state index is 0.286. The highest BCUT2D eigenvalue weighted by Gasteiger charge is 2.11. The summed E-state index contributed by atoms with van der Waals surface area (Å²) in [6, 6.07) is 15.4. The van der Waals surface area contributed by atoms with Gasteiger partial charge in [-0.2, -0.15) is 0 Å². The summed E-state index contributed by atoms with van der Waals surface area (Å²) in [5, 5.41) is 10.1. The largest absolute Gasteiger partial charge is 0.507 e. The molecule has 0 fully saturated rings. The number of rotatable bonds is 1. The fourth-order valence-corrected chi connectivity index (χ4v) is 2.32. The number of hydrogen-bond donors (Lipinski definition) is 1. The monoisotopic (exact) mass is 266 g/mol. The molecule has 0 heterocycles. The average molecular weight is 266 g/mol. The molecule has 0 spiro atoms. The van der Waals surface area contributed by atoms with Crippen molar-refractivity contribution in [3.63, 3.8) is 0 Å². The van der Waals surface area contributed by atoms with E-state index in [1.165, 1.54) is 0 Å². The molecule has 2 aromatic rings. The molecule has 1 nitrogen and oxygen atoms in total. The van der Waals surface area contributed by atoms with Crippen molar-refractivity contribution in [3.05, 3.63) is 54.1 Å². The minimum Gasteiger partial charge on any atom is -0.507 e. The highest BCUT2D eigenvalue weighted by molar-refractivity contribution is 6.83. The van der Waals surface area contributed by atoms with E-state index in [-0.39, 0.29) is 5.75 Å². The summed E-state index contributed by atoms with van der Waals surface area (Å²) in [5.74, 6) is 3.53. The SMILES string of the molecule is C[Si](C)(C)C#Cc1cccc(O)c1-c1ccccc1. The van der Waals surface area contributed by atoms with E-state index in [4.69, 9.17) is 0 Å². The summed E-state index contributed by atoms with van der Waals surface area (Å²) < 4.78 is 0. The molecule has 0 saturated carbocycles. The zero-order valence-corrected chi connectivity index (χ0v) is 12.6. The number of hydrogen-bond acceptors (Lipinski definition) is 1. The summed E-state index contributed by atoms with van der Waals surface area (Å²) in [4.78, 5) is 0. The standard InChI is InChI=1S/C17H18OSi/c1-19(2,3)13-12-15-10-7-11-16(18)17(15)14-8-5-4-6-9-14/h4-11,18H,1-3H3. The Labute approximate surface area is 115 Å².